The molecule has 7 nitrogen and oxygen atoms in total. The SMILES string of the molecule is COc1ccc(Nc2nccc(C(=O)Nc3cccc(Cl)c3C)n2)c(OC)c1. The Kier molecular flexibility index (Phi) is 5.96. The Bertz CT molecular complexity index is 1010. The van der Waals surface area contributed by atoms with Crippen LogP contribution in [0.3, 0.4) is 0 Å². The lowest BCUT2D eigenvalue weighted by Gasteiger charge is -2.12. The van der Waals surface area contributed by atoms with Gasteiger partial charge < -0.3 is 20.1 Å². The van der Waals surface area contributed by atoms with Gasteiger partial charge in [0.05, 0.1) is 19.9 Å². The Morgan fingerprint density at radius 2 is 1.89 bits per heavy atom. The van der Waals surface area contributed by atoms with Crippen LogP contribution in [0.2, 0.25) is 5.02 Å². The zero-order valence-corrected chi connectivity index (χ0v) is 16.4. The Morgan fingerprint density at radius 3 is 2.64 bits per heavy atom. The predicted octanol–water partition coefficient (Wildman–Crippen LogP) is 4.45. The molecule has 0 aliphatic carbocycles. The van der Waals surface area contributed by atoms with Gasteiger partial charge in [-0.1, -0.05) is 17.7 Å². The van der Waals surface area contributed by atoms with Gasteiger partial charge in [0.1, 0.15) is 17.2 Å². The number of benzene rings is 2. The van der Waals surface area contributed by atoms with Crippen molar-refractivity contribution in [3.8, 4) is 11.5 Å². The summed E-state index contributed by atoms with van der Waals surface area (Å²) in [4.78, 5) is 21.0. The number of hydrogen-bond donors (Lipinski definition) is 2. The minimum atomic E-state index is -0.363. The number of rotatable bonds is 6. The largest absolute Gasteiger partial charge is 0.497 e. The maximum Gasteiger partial charge on any atom is 0.274 e. The van der Waals surface area contributed by atoms with E-state index >= 15 is 0 Å². The molecule has 1 aromatic heterocycles. The van der Waals surface area contributed by atoms with Gasteiger partial charge in [0.15, 0.2) is 0 Å². The van der Waals surface area contributed by atoms with Crippen molar-refractivity contribution in [2.45, 2.75) is 6.92 Å². The lowest BCUT2D eigenvalue weighted by molar-refractivity contribution is 0.102. The first-order valence-corrected chi connectivity index (χ1v) is 8.78. The molecular weight excluding hydrogens is 380 g/mol. The van der Waals surface area contributed by atoms with Crippen molar-refractivity contribution < 1.29 is 14.3 Å². The molecule has 0 unspecified atom stereocenters. The third kappa shape index (κ3) is 4.32. The summed E-state index contributed by atoms with van der Waals surface area (Å²) in [6, 6.07) is 12.1. The lowest BCUT2D eigenvalue weighted by Crippen LogP contribution is -2.15. The van der Waals surface area contributed by atoms with Gasteiger partial charge in [-0.3, -0.25) is 4.79 Å². The number of hydrogen-bond acceptors (Lipinski definition) is 6. The Balaban J connectivity index is 1.80. The quantitative estimate of drug-likeness (QED) is 0.638. The van der Waals surface area contributed by atoms with Crippen molar-refractivity contribution >= 4 is 34.8 Å². The number of amides is 1. The Morgan fingerprint density at radius 1 is 1.07 bits per heavy atom. The summed E-state index contributed by atoms with van der Waals surface area (Å²) in [6.07, 6.45) is 1.51. The molecule has 1 heterocycles. The molecule has 3 aromatic rings. The summed E-state index contributed by atoms with van der Waals surface area (Å²) in [7, 11) is 3.13. The van der Waals surface area contributed by atoms with Crippen LogP contribution in [0.25, 0.3) is 0 Å². The molecule has 0 fully saturated rings. The van der Waals surface area contributed by atoms with E-state index in [4.69, 9.17) is 21.1 Å². The van der Waals surface area contributed by atoms with Gasteiger partial charge in [-0.05, 0) is 42.8 Å². The van der Waals surface area contributed by atoms with Crippen LogP contribution in [0.1, 0.15) is 16.1 Å². The minimum absolute atomic E-state index is 0.212. The number of anilines is 3. The highest BCUT2D eigenvalue weighted by molar-refractivity contribution is 6.31. The highest BCUT2D eigenvalue weighted by Gasteiger charge is 2.13. The first kappa shape index (κ1) is 19.4. The first-order valence-electron chi connectivity index (χ1n) is 8.40. The second kappa shape index (κ2) is 8.58. The Hall–Kier alpha value is -3.32. The van der Waals surface area contributed by atoms with Crippen molar-refractivity contribution in [1.29, 1.82) is 0 Å². The maximum atomic E-state index is 12.6. The highest BCUT2D eigenvalue weighted by Crippen LogP contribution is 2.30. The van der Waals surface area contributed by atoms with Gasteiger partial charge in [-0.2, -0.15) is 0 Å². The molecule has 0 atom stereocenters. The molecule has 3 rings (SSSR count). The van der Waals surface area contributed by atoms with Gasteiger partial charge in [0, 0.05) is 23.0 Å². The van der Waals surface area contributed by atoms with E-state index in [0.29, 0.717) is 27.9 Å². The number of halogens is 1. The van der Waals surface area contributed by atoms with Crippen LogP contribution in [0, 0.1) is 6.92 Å². The van der Waals surface area contributed by atoms with Gasteiger partial charge in [0.2, 0.25) is 5.95 Å². The standard InChI is InChI=1S/C20H19ClN4O3/c1-12-14(21)5-4-6-15(12)23-19(26)17-9-10-22-20(25-17)24-16-8-7-13(27-2)11-18(16)28-3/h4-11H,1-3H3,(H,23,26)(H,22,24,25). The van der Waals surface area contributed by atoms with E-state index in [1.54, 1.807) is 50.6 Å². The van der Waals surface area contributed by atoms with Gasteiger partial charge in [-0.15, -0.1) is 0 Å². The van der Waals surface area contributed by atoms with E-state index < -0.39 is 0 Å². The fourth-order valence-electron chi connectivity index (χ4n) is 2.50. The van der Waals surface area contributed by atoms with Crippen molar-refractivity contribution in [1.82, 2.24) is 9.97 Å². The third-order valence-corrected chi connectivity index (χ3v) is 4.47. The number of carbonyl (C=O) groups is 1. The van der Waals surface area contributed by atoms with Crippen LogP contribution in [-0.2, 0) is 0 Å². The van der Waals surface area contributed by atoms with Gasteiger partial charge in [-0.25, -0.2) is 9.97 Å². The molecule has 8 heteroatoms. The molecule has 28 heavy (non-hydrogen) atoms. The van der Waals surface area contributed by atoms with E-state index in [9.17, 15) is 4.79 Å². The number of carbonyl (C=O) groups excluding carboxylic acids is 1. The van der Waals surface area contributed by atoms with Crippen molar-refractivity contribution in [2.24, 2.45) is 0 Å². The van der Waals surface area contributed by atoms with Crippen LogP contribution < -0.4 is 20.1 Å². The number of methoxy groups -OCH3 is 2. The van der Waals surface area contributed by atoms with E-state index in [2.05, 4.69) is 20.6 Å². The monoisotopic (exact) mass is 398 g/mol. The van der Waals surface area contributed by atoms with E-state index in [0.717, 1.165) is 5.56 Å². The number of nitrogens with one attached hydrogen (secondary N) is 2. The number of ether oxygens (including phenoxy) is 2. The molecule has 2 aromatic carbocycles. The third-order valence-electron chi connectivity index (χ3n) is 4.06. The van der Waals surface area contributed by atoms with Gasteiger partial charge in [0.25, 0.3) is 5.91 Å². The molecule has 0 aliphatic heterocycles. The number of nitrogens with zero attached hydrogens (tertiary/aromatic N) is 2. The molecule has 0 spiro atoms. The summed E-state index contributed by atoms with van der Waals surface area (Å²) >= 11 is 6.10. The Labute approximate surface area is 167 Å². The zero-order valence-electron chi connectivity index (χ0n) is 15.6. The molecule has 0 radical (unpaired) electrons. The molecule has 144 valence electrons. The van der Waals surface area contributed by atoms with Crippen molar-refractivity contribution in [2.75, 3.05) is 24.9 Å². The second-order valence-electron chi connectivity index (χ2n) is 5.82. The maximum absolute atomic E-state index is 12.6. The molecule has 0 bridgehead atoms. The second-order valence-corrected chi connectivity index (χ2v) is 6.23. The van der Waals surface area contributed by atoms with Crippen LogP contribution in [0.4, 0.5) is 17.3 Å². The molecular formula is C20H19ClN4O3. The molecule has 0 saturated carbocycles. The predicted molar refractivity (Wildman–Crippen MR) is 109 cm³/mol. The molecule has 0 aliphatic rings. The average Bonchev–Trinajstić information content (AvgIpc) is 2.72. The summed E-state index contributed by atoms with van der Waals surface area (Å²) in [6.45, 7) is 1.83. The summed E-state index contributed by atoms with van der Waals surface area (Å²) in [5, 5.41) is 6.44. The van der Waals surface area contributed by atoms with Crippen LogP contribution in [0.15, 0.2) is 48.7 Å². The lowest BCUT2D eigenvalue weighted by atomic mass is 10.2. The summed E-state index contributed by atoms with van der Waals surface area (Å²) in [5.41, 5.74) is 2.27. The van der Waals surface area contributed by atoms with Crippen LogP contribution in [0.5, 0.6) is 11.5 Å². The van der Waals surface area contributed by atoms with Gasteiger partial charge >= 0.3 is 0 Å². The number of aromatic nitrogens is 2. The molecule has 0 saturated heterocycles. The highest BCUT2D eigenvalue weighted by atomic mass is 35.5. The van der Waals surface area contributed by atoms with E-state index in [1.807, 2.05) is 6.92 Å². The molecule has 2 N–H and O–H groups in total. The molecule has 1 amide bonds. The zero-order chi connectivity index (χ0) is 20.1. The van der Waals surface area contributed by atoms with Crippen LogP contribution in [-0.4, -0.2) is 30.1 Å². The summed E-state index contributed by atoms with van der Waals surface area (Å²) < 4.78 is 10.5. The van der Waals surface area contributed by atoms with E-state index in [-0.39, 0.29) is 17.5 Å². The fourth-order valence-corrected chi connectivity index (χ4v) is 2.67. The van der Waals surface area contributed by atoms with Crippen molar-refractivity contribution in [3.05, 3.63) is 64.9 Å². The minimum Gasteiger partial charge on any atom is -0.497 e. The normalized spacial score (nSPS) is 10.3. The average molecular weight is 399 g/mol. The van der Waals surface area contributed by atoms with E-state index in [1.165, 1.54) is 12.3 Å². The first-order chi connectivity index (χ1) is 13.5. The smallest absolute Gasteiger partial charge is 0.274 e. The topological polar surface area (TPSA) is 85.4 Å². The fraction of sp³-hybridized carbons (Fsp3) is 0.150. The van der Waals surface area contributed by atoms with Crippen molar-refractivity contribution in [3.63, 3.8) is 0 Å². The summed E-state index contributed by atoms with van der Waals surface area (Å²) in [5.74, 6) is 1.12. The van der Waals surface area contributed by atoms with Crippen LogP contribution >= 0.6 is 11.6 Å².